The molecular weight excluding hydrogens is 250 g/mol. The molecule has 2 N–H and O–H groups in total. The van der Waals surface area contributed by atoms with Crippen LogP contribution in [0.5, 0.6) is 0 Å². The maximum absolute atomic E-state index is 12.5. The van der Waals surface area contributed by atoms with E-state index in [9.17, 15) is 4.79 Å². The van der Waals surface area contributed by atoms with E-state index in [2.05, 4.69) is 39.5 Å². The average molecular weight is 283 g/mol. The molecule has 1 heterocycles. The fourth-order valence-electron chi connectivity index (χ4n) is 2.88. The second kappa shape index (κ2) is 7.41. The van der Waals surface area contributed by atoms with Crippen LogP contribution in [-0.2, 0) is 4.79 Å². The van der Waals surface area contributed by atoms with Crippen LogP contribution >= 0.6 is 0 Å². The summed E-state index contributed by atoms with van der Waals surface area (Å²) >= 11 is 0. The molecule has 1 unspecified atom stereocenters. The molecule has 0 spiro atoms. The van der Waals surface area contributed by atoms with Gasteiger partial charge >= 0.3 is 0 Å². The summed E-state index contributed by atoms with van der Waals surface area (Å²) in [7, 11) is 0. The first-order chi connectivity index (χ1) is 9.25. The van der Waals surface area contributed by atoms with Gasteiger partial charge in [-0.3, -0.25) is 9.69 Å². The van der Waals surface area contributed by atoms with Crippen molar-refractivity contribution in [2.75, 3.05) is 39.3 Å². The third kappa shape index (κ3) is 5.41. The minimum absolute atomic E-state index is 0.196. The predicted octanol–water partition coefficient (Wildman–Crippen LogP) is 1.80. The van der Waals surface area contributed by atoms with Crippen LogP contribution in [-0.4, -0.2) is 55.0 Å². The first kappa shape index (κ1) is 17.4. The normalized spacial score (nSPS) is 23.8. The van der Waals surface area contributed by atoms with Gasteiger partial charge in [0.15, 0.2) is 0 Å². The number of rotatable bonds is 7. The fraction of sp³-hybridized carbons (Fsp3) is 0.938. The highest BCUT2D eigenvalue weighted by atomic mass is 16.2. The van der Waals surface area contributed by atoms with Crippen molar-refractivity contribution >= 4 is 5.91 Å². The Hall–Kier alpha value is -0.610. The Kier molecular flexibility index (Phi) is 6.46. The Labute approximate surface area is 124 Å². The van der Waals surface area contributed by atoms with E-state index >= 15 is 0 Å². The summed E-state index contributed by atoms with van der Waals surface area (Å²) in [5.41, 5.74) is 6.03. The number of nitrogens with zero attached hydrogens (tertiary/aromatic N) is 2. The van der Waals surface area contributed by atoms with Gasteiger partial charge in [-0.2, -0.15) is 0 Å². The van der Waals surface area contributed by atoms with Gasteiger partial charge in [-0.05, 0) is 36.8 Å². The Bertz CT molecular complexity index is 307. The van der Waals surface area contributed by atoms with Crippen molar-refractivity contribution < 1.29 is 4.79 Å². The van der Waals surface area contributed by atoms with Crippen LogP contribution < -0.4 is 5.73 Å². The van der Waals surface area contributed by atoms with Crippen LogP contribution in [0.2, 0.25) is 0 Å². The SMILES string of the molecule is CC(C)CN(CC(C)C)C(=O)CN1CCC(C)(CN)C1. The molecular formula is C16H33N3O. The number of likely N-dealkylation sites (tertiary alicyclic amines) is 1. The summed E-state index contributed by atoms with van der Waals surface area (Å²) in [4.78, 5) is 16.8. The van der Waals surface area contributed by atoms with Crippen LogP contribution in [0.15, 0.2) is 0 Å². The second-order valence-electron chi connectivity index (χ2n) is 7.56. The zero-order chi connectivity index (χ0) is 15.3. The summed E-state index contributed by atoms with van der Waals surface area (Å²) in [5.74, 6) is 1.31. The van der Waals surface area contributed by atoms with Gasteiger partial charge in [0, 0.05) is 19.6 Å². The monoisotopic (exact) mass is 283 g/mol. The highest BCUT2D eigenvalue weighted by Gasteiger charge is 2.33. The number of carbonyl (C=O) groups is 1. The number of hydrogen-bond acceptors (Lipinski definition) is 3. The third-order valence-electron chi connectivity index (χ3n) is 4.01. The standard InChI is InChI=1S/C16H33N3O/c1-13(2)8-19(9-14(3)4)15(20)10-18-7-6-16(5,11-17)12-18/h13-14H,6-12,17H2,1-5H3. The van der Waals surface area contributed by atoms with E-state index in [0.29, 0.717) is 24.9 Å². The minimum atomic E-state index is 0.196. The first-order valence-corrected chi connectivity index (χ1v) is 7.96. The zero-order valence-corrected chi connectivity index (χ0v) is 14.0. The lowest BCUT2D eigenvalue weighted by molar-refractivity contribution is -0.133. The molecule has 1 saturated heterocycles. The lowest BCUT2D eigenvalue weighted by atomic mass is 9.90. The quantitative estimate of drug-likeness (QED) is 0.775. The molecule has 0 radical (unpaired) electrons. The Morgan fingerprint density at radius 1 is 1.25 bits per heavy atom. The number of nitrogens with two attached hydrogens (primary N) is 1. The maximum Gasteiger partial charge on any atom is 0.236 e. The molecule has 0 aromatic heterocycles. The number of carbonyl (C=O) groups excluding carboxylic acids is 1. The smallest absolute Gasteiger partial charge is 0.236 e. The van der Waals surface area contributed by atoms with Gasteiger partial charge in [0.2, 0.25) is 5.91 Å². The lowest BCUT2D eigenvalue weighted by Crippen LogP contribution is -2.43. The van der Waals surface area contributed by atoms with Crippen LogP contribution in [0.25, 0.3) is 0 Å². The zero-order valence-electron chi connectivity index (χ0n) is 14.0. The van der Waals surface area contributed by atoms with Gasteiger partial charge in [0.05, 0.1) is 6.54 Å². The molecule has 1 aliphatic heterocycles. The van der Waals surface area contributed by atoms with Gasteiger partial charge in [0.1, 0.15) is 0 Å². The van der Waals surface area contributed by atoms with Crippen molar-refractivity contribution in [2.24, 2.45) is 23.0 Å². The average Bonchev–Trinajstić information content (AvgIpc) is 2.69. The number of amides is 1. The topological polar surface area (TPSA) is 49.6 Å². The van der Waals surface area contributed by atoms with Gasteiger partial charge < -0.3 is 10.6 Å². The molecule has 1 rings (SSSR count). The van der Waals surface area contributed by atoms with E-state index in [1.165, 1.54) is 0 Å². The van der Waals surface area contributed by atoms with Gasteiger partial charge in [-0.25, -0.2) is 0 Å². The molecule has 1 fully saturated rings. The van der Waals surface area contributed by atoms with Gasteiger partial charge in [-0.15, -0.1) is 0 Å². The van der Waals surface area contributed by atoms with Crippen LogP contribution in [0.3, 0.4) is 0 Å². The van der Waals surface area contributed by atoms with Crippen LogP contribution in [0.1, 0.15) is 41.0 Å². The Morgan fingerprint density at radius 2 is 1.80 bits per heavy atom. The second-order valence-corrected chi connectivity index (χ2v) is 7.56. The molecule has 0 aromatic carbocycles. The highest BCUT2D eigenvalue weighted by Crippen LogP contribution is 2.28. The molecule has 4 heteroatoms. The molecule has 20 heavy (non-hydrogen) atoms. The summed E-state index contributed by atoms with van der Waals surface area (Å²) in [6, 6.07) is 0. The van der Waals surface area contributed by atoms with Crippen molar-refractivity contribution in [2.45, 2.75) is 41.0 Å². The lowest BCUT2D eigenvalue weighted by Gasteiger charge is -2.29. The molecule has 0 aromatic rings. The van der Waals surface area contributed by atoms with E-state index in [-0.39, 0.29) is 11.3 Å². The van der Waals surface area contributed by atoms with Crippen molar-refractivity contribution in [3.63, 3.8) is 0 Å². The third-order valence-corrected chi connectivity index (χ3v) is 4.01. The molecule has 0 bridgehead atoms. The van der Waals surface area contributed by atoms with E-state index in [0.717, 1.165) is 32.6 Å². The highest BCUT2D eigenvalue weighted by molar-refractivity contribution is 5.78. The van der Waals surface area contributed by atoms with Crippen molar-refractivity contribution in [3.8, 4) is 0 Å². The van der Waals surface area contributed by atoms with Gasteiger partial charge in [-0.1, -0.05) is 34.6 Å². The molecule has 1 aliphatic rings. The van der Waals surface area contributed by atoms with Crippen LogP contribution in [0.4, 0.5) is 0 Å². The first-order valence-electron chi connectivity index (χ1n) is 7.96. The molecule has 118 valence electrons. The van der Waals surface area contributed by atoms with E-state index in [4.69, 9.17) is 5.73 Å². The maximum atomic E-state index is 12.5. The number of hydrogen-bond donors (Lipinski definition) is 1. The van der Waals surface area contributed by atoms with Crippen LogP contribution in [0, 0.1) is 17.3 Å². The Morgan fingerprint density at radius 3 is 2.20 bits per heavy atom. The predicted molar refractivity (Wildman–Crippen MR) is 84.5 cm³/mol. The largest absolute Gasteiger partial charge is 0.341 e. The van der Waals surface area contributed by atoms with Crippen molar-refractivity contribution in [1.29, 1.82) is 0 Å². The van der Waals surface area contributed by atoms with Crippen molar-refractivity contribution in [1.82, 2.24) is 9.80 Å². The molecule has 0 aliphatic carbocycles. The minimum Gasteiger partial charge on any atom is -0.341 e. The van der Waals surface area contributed by atoms with Gasteiger partial charge in [0.25, 0.3) is 0 Å². The molecule has 0 saturated carbocycles. The Balaban J connectivity index is 2.54. The fourth-order valence-corrected chi connectivity index (χ4v) is 2.88. The molecule has 1 amide bonds. The summed E-state index contributed by atoms with van der Waals surface area (Å²) in [6.45, 7) is 15.8. The molecule has 1 atom stereocenters. The van der Waals surface area contributed by atoms with E-state index < -0.39 is 0 Å². The van der Waals surface area contributed by atoms with Crippen molar-refractivity contribution in [3.05, 3.63) is 0 Å². The summed E-state index contributed by atoms with van der Waals surface area (Å²) in [5, 5.41) is 0. The summed E-state index contributed by atoms with van der Waals surface area (Å²) in [6.07, 6.45) is 1.10. The van der Waals surface area contributed by atoms with E-state index in [1.54, 1.807) is 0 Å². The molecule has 4 nitrogen and oxygen atoms in total. The van der Waals surface area contributed by atoms with E-state index in [1.807, 2.05) is 4.90 Å². The summed E-state index contributed by atoms with van der Waals surface area (Å²) < 4.78 is 0.